The van der Waals surface area contributed by atoms with Gasteiger partial charge in [-0.25, -0.2) is 0 Å². The third-order valence-electron chi connectivity index (χ3n) is 8.78. The first-order chi connectivity index (χ1) is 24.3. The van der Waals surface area contributed by atoms with Crippen LogP contribution in [0.3, 0.4) is 0 Å². The van der Waals surface area contributed by atoms with Crippen LogP contribution in [0.15, 0.2) is 91.0 Å². The Balaban J connectivity index is 1.76. The Kier molecular flexibility index (Phi) is 16.9. The molecule has 0 unspecified atom stereocenters. The van der Waals surface area contributed by atoms with Crippen molar-refractivity contribution in [2.24, 2.45) is 23.5 Å². The number of carbonyl (C=O) groups is 4. The SMILES string of the molecule is CC(C)CC(=O)N[C@@H](CC(C)C)C(=O)N[C@H](C(=O)N[C@@H](Cc1ccccc1)[C@@H](N)CC(=O)NC(Cc1ccccc1)Cc1ccccc1)C(C)C. The molecule has 0 aliphatic rings. The fraction of sp³-hybridized carbons (Fsp3) is 0.476. The fourth-order valence-corrected chi connectivity index (χ4v) is 6.18. The summed E-state index contributed by atoms with van der Waals surface area (Å²) in [6, 6.07) is 26.7. The minimum atomic E-state index is -0.880. The fourth-order valence-electron chi connectivity index (χ4n) is 6.18. The maximum absolute atomic E-state index is 13.9. The van der Waals surface area contributed by atoms with Crippen LogP contribution in [-0.4, -0.2) is 53.8 Å². The predicted molar refractivity (Wildman–Crippen MR) is 205 cm³/mol. The molecular weight excluding hydrogens is 638 g/mol. The number of hydrogen-bond donors (Lipinski definition) is 5. The number of hydrogen-bond acceptors (Lipinski definition) is 5. The highest BCUT2D eigenvalue weighted by Crippen LogP contribution is 2.14. The number of amides is 4. The van der Waals surface area contributed by atoms with Crippen LogP contribution < -0.4 is 27.0 Å². The number of benzene rings is 3. The second-order valence-corrected chi connectivity index (χ2v) is 14.9. The largest absolute Gasteiger partial charge is 0.353 e. The van der Waals surface area contributed by atoms with E-state index in [2.05, 4.69) is 45.5 Å². The summed E-state index contributed by atoms with van der Waals surface area (Å²) in [6.07, 6.45) is 2.46. The van der Waals surface area contributed by atoms with E-state index >= 15 is 0 Å². The zero-order valence-corrected chi connectivity index (χ0v) is 31.2. The molecule has 0 saturated carbocycles. The van der Waals surface area contributed by atoms with Gasteiger partial charge in [0.25, 0.3) is 0 Å². The maximum atomic E-state index is 13.9. The molecule has 9 heteroatoms. The molecule has 0 fully saturated rings. The van der Waals surface area contributed by atoms with E-state index in [0.29, 0.717) is 32.1 Å². The topological polar surface area (TPSA) is 142 Å². The molecule has 0 heterocycles. The third kappa shape index (κ3) is 15.1. The first kappa shape index (κ1) is 40.9. The van der Waals surface area contributed by atoms with Gasteiger partial charge in [0.1, 0.15) is 12.1 Å². The van der Waals surface area contributed by atoms with Crippen molar-refractivity contribution >= 4 is 23.6 Å². The molecule has 0 aliphatic heterocycles. The number of rotatable bonds is 20. The van der Waals surface area contributed by atoms with Crippen molar-refractivity contribution in [2.45, 2.75) is 110 Å². The molecule has 4 amide bonds. The van der Waals surface area contributed by atoms with E-state index in [1.165, 1.54) is 0 Å². The standard InChI is InChI=1S/C42H59N5O4/c1-28(2)22-37(45-38(48)23-29(3)4)41(50)47-40(30(5)6)42(51)46-36(26-33-20-14-9-15-21-33)35(43)27-39(49)44-34(24-31-16-10-7-11-17-31)25-32-18-12-8-13-19-32/h7-21,28-30,34-37,40H,22-27,43H2,1-6H3,(H,44,49)(H,45,48)(H,46,51)(H,47,50)/t35-,36-,37-,40-/m0/s1. The predicted octanol–water partition coefficient (Wildman–Crippen LogP) is 5.12. The van der Waals surface area contributed by atoms with Crippen LogP contribution in [0.1, 0.15) is 77.5 Å². The molecule has 51 heavy (non-hydrogen) atoms. The molecule has 3 rings (SSSR count). The first-order valence-electron chi connectivity index (χ1n) is 18.4. The quantitative estimate of drug-likeness (QED) is 0.112. The van der Waals surface area contributed by atoms with E-state index in [0.717, 1.165) is 16.7 Å². The molecule has 6 N–H and O–H groups in total. The second-order valence-electron chi connectivity index (χ2n) is 14.9. The lowest BCUT2D eigenvalue weighted by Gasteiger charge is -2.30. The average molecular weight is 698 g/mol. The van der Waals surface area contributed by atoms with Gasteiger partial charge in [0, 0.05) is 31.0 Å². The van der Waals surface area contributed by atoms with Crippen LogP contribution in [0.25, 0.3) is 0 Å². The summed E-state index contributed by atoms with van der Waals surface area (Å²) in [4.78, 5) is 53.7. The molecule has 0 radical (unpaired) electrons. The van der Waals surface area contributed by atoms with Crippen molar-refractivity contribution in [2.75, 3.05) is 0 Å². The lowest BCUT2D eigenvalue weighted by molar-refractivity contribution is -0.133. The van der Waals surface area contributed by atoms with Crippen LogP contribution in [0.2, 0.25) is 0 Å². The Bertz CT molecular complexity index is 1460. The Hall–Kier alpha value is -4.50. The molecule has 9 nitrogen and oxygen atoms in total. The summed E-state index contributed by atoms with van der Waals surface area (Å²) < 4.78 is 0. The van der Waals surface area contributed by atoms with E-state index in [-0.39, 0.29) is 42.0 Å². The lowest BCUT2D eigenvalue weighted by Crippen LogP contribution is -2.59. The van der Waals surface area contributed by atoms with Gasteiger partial charge in [-0.15, -0.1) is 0 Å². The average Bonchev–Trinajstić information content (AvgIpc) is 3.07. The molecule has 0 aromatic heterocycles. The summed E-state index contributed by atoms with van der Waals surface area (Å²) in [5, 5.41) is 12.1. The van der Waals surface area contributed by atoms with Crippen molar-refractivity contribution < 1.29 is 19.2 Å². The van der Waals surface area contributed by atoms with Gasteiger partial charge in [-0.2, -0.15) is 0 Å². The third-order valence-corrected chi connectivity index (χ3v) is 8.78. The molecule has 4 atom stereocenters. The molecule has 276 valence electrons. The van der Waals surface area contributed by atoms with Gasteiger partial charge in [-0.05, 0) is 60.1 Å². The number of carbonyl (C=O) groups excluding carboxylic acids is 4. The zero-order chi connectivity index (χ0) is 37.3. The summed E-state index contributed by atoms with van der Waals surface area (Å²) in [5.41, 5.74) is 9.96. The monoisotopic (exact) mass is 697 g/mol. The number of nitrogens with two attached hydrogens (primary N) is 1. The molecular formula is C42H59N5O4. The van der Waals surface area contributed by atoms with Gasteiger partial charge in [-0.1, -0.05) is 133 Å². The highest BCUT2D eigenvalue weighted by Gasteiger charge is 2.32. The highest BCUT2D eigenvalue weighted by molar-refractivity contribution is 5.92. The smallest absolute Gasteiger partial charge is 0.243 e. The van der Waals surface area contributed by atoms with E-state index in [1.807, 2.05) is 108 Å². The van der Waals surface area contributed by atoms with Crippen molar-refractivity contribution in [1.82, 2.24) is 21.3 Å². The van der Waals surface area contributed by atoms with Crippen LogP contribution in [0, 0.1) is 17.8 Å². The number of nitrogens with one attached hydrogen (secondary N) is 4. The second kappa shape index (κ2) is 21.0. The van der Waals surface area contributed by atoms with Gasteiger partial charge < -0.3 is 27.0 Å². The van der Waals surface area contributed by atoms with Gasteiger partial charge in [0.15, 0.2) is 0 Å². The molecule has 3 aromatic carbocycles. The zero-order valence-electron chi connectivity index (χ0n) is 31.2. The van der Waals surface area contributed by atoms with E-state index in [9.17, 15) is 19.2 Å². The summed E-state index contributed by atoms with van der Waals surface area (Å²) in [6.45, 7) is 11.6. The summed E-state index contributed by atoms with van der Waals surface area (Å²) in [7, 11) is 0. The normalized spacial score (nSPS) is 13.8. The van der Waals surface area contributed by atoms with E-state index in [1.54, 1.807) is 0 Å². The Morgan fingerprint density at radius 3 is 1.47 bits per heavy atom. The van der Waals surface area contributed by atoms with Crippen molar-refractivity contribution in [3.05, 3.63) is 108 Å². The molecule has 0 aliphatic carbocycles. The highest BCUT2D eigenvalue weighted by atomic mass is 16.2. The van der Waals surface area contributed by atoms with E-state index < -0.39 is 36.0 Å². The van der Waals surface area contributed by atoms with Gasteiger partial charge in [0.2, 0.25) is 23.6 Å². The van der Waals surface area contributed by atoms with Crippen LogP contribution >= 0.6 is 0 Å². The van der Waals surface area contributed by atoms with Gasteiger partial charge in [0.05, 0.1) is 0 Å². The Labute approximate surface area is 304 Å². The molecule has 0 bridgehead atoms. The van der Waals surface area contributed by atoms with Crippen molar-refractivity contribution in [3.63, 3.8) is 0 Å². The minimum Gasteiger partial charge on any atom is -0.353 e. The molecule has 0 spiro atoms. The first-order valence-corrected chi connectivity index (χ1v) is 18.4. The van der Waals surface area contributed by atoms with Crippen molar-refractivity contribution in [3.8, 4) is 0 Å². The lowest BCUT2D eigenvalue weighted by atomic mass is 9.94. The molecule has 3 aromatic rings. The van der Waals surface area contributed by atoms with Crippen LogP contribution in [0.4, 0.5) is 0 Å². The Morgan fingerprint density at radius 2 is 1.02 bits per heavy atom. The molecule has 0 saturated heterocycles. The maximum Gasteiger partial charge on any atom is 0.243 e. The van der Waals surface area contributed by atoms with Crippen LogP contribution in [-0.2, 0) is 38.4 Å². The van der Waals surface area contributed by atoms with E-state index in [4.69, 9.17) is 5.73 Å². The van der Waals surface area contributed by atoms with Crippen molar-refractivity contribution in [1.29, 1.82) is 0 Å². The van der Waals surface area contributed by atoms with Gasteiger partial charge in [-0.3, -0.25) is 19.2 Å². The summed E-state index contributed by atoms with van der Waals surface area (Å²) in [5.74, 6) is -1.15. The van der Waals surface area contributed by atoms with Gasteiger partial charge >= 0.3 is 0 Å². The summed E-state index contributed by atoms with van der Waals surface area (Å²) >= 11 is 0. The Morgan fingerprint density at radius 1 is 0.549 bits per heavy atom. The minimum absolute atomic E-state index is 0.00505. The van der Waals surface area contributed by atoms with Crippen LogP contribution in [0.5, 0.6) is 0 Å².